The number of para-hydroxylation sites is 4. The summed E-state index contributed by atoms with van der Waals surface area (Å²) in [5, 5.41) is 10.4. The molecule has 5 heteroatoms. The molecule has 0 aliphatic carbocycles. The van der Waals surface area contributed by atoms with Crippen LogP contribution in [0.1, 0.15) is 0 Å². The summed E-state index contributed by atoms with van der Waals surface area (Å²) < 4.78 is 10.8. The molecule has 0 unspecified atom stereocenters. The van der Waals surface area contributed by atoms with E-state index in [0.29, 0.717) is 5.95 Å². The van der Waals surface area contributed by atoms with E-state index in [1.165, 1.54) is 38.0 Å². The first kappa shape index (κ1) is 28.5. The molecule has 0 bridgehead atoms. The van der Waals surface area contributed by atoms with Crippen molar-refractivity contribution in [3.63, 3.8) is 0 Å². The van der Waals surface area contributed by atoms with Crippen LogP contribution in [0.5, 0.6) is 0 Å². The Bertz CT molecular complexity index is 3420. The zero-order valence-corrected chi connectivity index (χ0v) is 28.4. The Hall–Kier alpha value is -7.24. The summed E-state index contributed by atoms with van der Waals surface area (Å²) in [6.07, 6.45) is 0. The number of rotatable bonds is 3. The van der Waals surface area contributed by atoms with Crippen molar-refractivity contribution in [3.8, 4) is 22.9 Å². The van der Waals surface area contributed by atoms with E-state index in [1.807, 2.05) is 18.2 Å². The van der Waals surface area contributed by atoms with Gasteiger partial charge in [0.2, 0.25) is 5.95 Å². The normalized spacial score (nSPS) is 12.2. The third-order valence-electron chi connectivity index (χ3n) is 10.9. The van der Waals surface area contributed by atoms with Gasteiger partial charge in [-0.2, -0.15) is 0 Å². The van der Waals surface area contributed by atoms with Crippen LogP contribution < -0.4 is 0 Å². The highest BCUT2D eigenvalue weighted by Gasteiger charge is 2.21. The highest BCUT2D eigenvalue weighted by Crippen LogP contribution is 2.40. The van der Waals surface area contributed by atoms with Gasteiger partial charge in [-0.1, -0.05) is 103 Å². The van der Waals surface area contributed by atoms with E-state index in [4.69, 9.17) is 14.4 Å². The number of nitrogens with zero attached hydrogens (tertiary/aromatic N) is 4. The van der Waals surface area contributed by atoms with Gasteiger partial charge >= 0.3 is 0 Å². The van der Waals surface area contributed by atoms with Crippen molar-refractivity contribution in [2.45, 2.75) is 0 Å². The third-order valence-corrected chi connectivity index (χ3v) is 10.9. The van der Waals surface area contributed by atoms with Crippen molar-refractivity contribution >= 4 is 87.2 Å². The lowest BCUT2D eigenvalue weighted by Gasteiger charge is -2.12. The predicted molar refractivity (Wildman–Crippen MR) is 218 cm³/mol. The van der Waals surface area contributed by atoms with Gasteiger partial charge in [-0.25, -0.2) is 9.97 Å². The molecule has 0 fully saturated rings. The number of furan rings is 1. The van der Waals surface area contributed by atoms with Gasteiger partial charge < -0.3 is 8.98 Å². The van der Waals surface area contributed by atoms with Gasteiger partial charge in [-0.15, -0.1) is 0 Å². The SMILES string of the molecule is c1ccc2c(c1)ccc1c2c2cc(-n3c4ccccc4c4ccccc43)ccc2n1-c1nc(-c2ccc3oc4ccccc4c3c2)c2ccccc2n1. The van der Waals surface area contributed by atoms with E-state index in [9.17, 15) is 0 Å². The second-order valence-corrected chi connectivity index (χ2v) is 13.8. The van der Waals surface area contributed by atoms with Gasteiger partial charge in [0.15, 0.2) is 0 Å². The van der Waals surface area contributed by atoms with Gasteiger partial charge in [-0.05, 0) is 77.5 Å². The van der Waals surface area contributed by atoms with E-state index in [0.717, 1.165) is 66.2 Å². The van der Waals surface area contributed by atoms with Crippen LogP contribution in [-0.2, 0) is 0 Å². The van der Waals surface area contributed by atoms with Crippen molar-refractivity contribution < 1.29 is 4.42 Å². The monoisotopic (exact) mass is 676 g/mol. The van der Waals surface area contributed by atoms with Crippen molar-refractivity contribution in [2.24, 2.45) is 0 Å². The van der Waals surface area contributed by atoms with Crippen LogP contribution in [0, 0.1) is 0 Å². The molecule has 0 aliphatic heterocycles. The minimum absolute atomic E-state index is 0.635. The fraction of sp³-hybridized carbons (Fsp3) is 0. The minimum atomic E-state index is 0.635. The number of fused-ring (bicyclic) bond motifs is 12. The van der Waals surface area contributed by atoms with Crippen molar-refractivity contribution in [2.75, 3.05) is 0 Å². The molecular formula is C48H28N4O. The molecule has 53 heavy (non-hydrogen) atoms. The van der Waals surface area contributed by atoms with Crippen LogP contribution in [-0.4, -0.2) is 19.1 Å². The fourth-order valence-electron chi connectivity index (χ4n) is 8.59. The smallest absolute Gasteiger partial charge is 0.235 e. The van der Waals surface area contributed by atoms with E-state index in [1.54, 1.807) is 0 Å². The summed E-state index contributed by atoms with van der Waals surface area (Å²) in [7, 11) is 0. The summed E-state index contributed by atoms with van der Waals surface area (Å²) in [6.45, 7) is 0. The first-order chi connectivity index (χ1) is 26.3. The molecule has 4 aromatic heterocycles. The molecule has 0 amide bonds. The van der Waals surface area contributed by atoms with Crippen LogP contribution >= 0.6 is 0 Å². The van der Waals surface area contributed by atoms with Crippen LogP contribution in [0.15, 0.2) is 174 Å². The standard InChI is InChI=1S/C48H28N4O/c1-2-12-32-29(11-1)21-24-43-46(32)38-28-31(51-40-18-8-4-13-33(40)34-14-5-9-19-41(34)51)23-25-42(38)52(43)48-49-39-17-7-3-16-36(39)47(50-48)30-22-26-45-37(27-30)35-15-6-10-20-44(35)53-45/h1-28H. The summed E-state index contributed by atoms with van der Waals surface area (Å²) >= 11 is 0. The van der Waals surface area contributed by atoms with E-state index < -0.39 is 0 Å². The molecule has 4 heterocycles. The Morgan fingerprint density at radius 3 is 1.87 bits per heavy atom. The lowest BCUT2D eigenvalue weighted by molar-refractivity contribution is 0.669. The lowest BCUT2D eigenvalue weighted by atomic mass is 10.0. The molecule has 0 radical (unpaired) electrons. The zero-order valence-electron chi connectivity index (χ0n) is 28.4. The van der Waals surface area contributed by atoms with Gasteiger partial charge in [-0.3, -0.25) is 4.57 Å². The zero-order chi connectivity index (χ0) is 34.6. The summed E-state index contributed by atoms with van der Waals surface area (Å²) in [6, 6.07) is 60.1. The van der Waals surface area contributed by atoms with Gasteiger partial charge in [0, 0.05) is 49.0 Å². The molecule has 12 rings (SSSR count). The van der Waals surface area contributed by atoms with Gasteiger partial charge in [0.1, 0.15) is 11.2 Å². The summed E-state index contributed by atoms with van der Waals surface area (Å²) in [5.41, 5.74) is 10.1. The summed E-state index contributed by atoms with van der Waals surface area (Å²) in [5.74, 6) is 0.635. The maximum absolute atomic E-state index is 6.19. The average molecular weight is 677 g/mol. The quantitative estimate of drug-likeness (QED) is 0.187. The Balaban J connectivity index is 1.16. The topological polar surface area (TPSA) is 48.8 Å². The number of aromatic nitrogens is 4. The molecule has 0 spiro atoms. The largest absolute Gasteiger partial charge is 0.456 e. The molecule has 5 nitrogen and oxygen atoms in total. The number of hydrogen-bond acceptors (Lipinski definition) is 3. The molecule has 0 atom stereocenters. The lowest BCUT2D eigenvalue weighted by Crippen LogP contribution is -2.03. The van der Waals surface area contributed by atoms with Gasteiger partial charge in [0.05, 0.1) is 33.3 Å². The Kier molecular flexibility index (Phi) is 5.71. The molecule has 246 valence electrons. The molecule has 0 saturated carbocycles. The fourth-order valence-corrected chi connectivity index (χ4v) is 8.59. The van der Waals surface area contributed by atoms with Crippen LogP contribution in [0.4, 0.5) is 0 Å². The highest BCUT2D eigenvalue weighted by molar-refractivity contribution is 6.22. The first-order valence-electron chi connectivity index (χ1n) is 17.9. The third kappa shape index (κ3) is 4.02. The van der Waals surface area contributed by atoms with E-state index >= 15 is 0 Å². The van der Waals surface area contributed by atoms with Crippen LogP contribution in [0.2, 0.25) is 0 Å². The molecular weight excluding hydrogens is 649 g/mol. The molecule has 0 N–H and O–H groups in total. The molecule has 8 aromatic carbocycles. The first-order valence-corrected chi connectivity index (χ1v) is 17.9. The Morgan fingerprint density at radius 2 is 1.04 bits per heavy atom. The summed E-state index contributed by atoms with van der Waals surface area (Å²) in [4.78, 5) is 10.7. The number of benzene rings is 8. The highest BCUT2D eigenvalue weighted by atomic mass is 16.3. The van der Waals surface area contributed by atoms with Crippen LogP contribution in [0.3, 0.4) is 0 Å². The Labute approximate surface area is 302 Å². The predicted octanol–water partition coefficient (Wildman–Crippen LogP) is 12.5. The maximum Gasteiger partial charge on any atom is 0.235 e. The second kappa shape index (κ2) is 10.6. The average Bonchev–Trinajstić information content (AvgIpc) is 3.88. The molecule has 0 saturated heterocycles. The molecule has 0 aliphatic rings. The van der Waals surface area contributed by atoms with E-state index in [-0.39, 0.29) is 0 Å². The maximum atomic E-state index is 6.19. The van der Waals surface area contributed by atoms with E-state index in [2.05, 4.69) is 161 Å². The van der Waals surface area contributed by atoms with Crippen molar-refractivity contribution in [1.82, 2.24) is 19.1 Å². The van der Waals surface area contributed by atoms with Crippen molar-refractivity contribution in [1.29, 1.82) is 0 Å². The molecule has 12 aromatic rings. The van der Waals surface area contributed by atoms with Gasteiger partial charge in [0.25, 0.3) is 0 Å². The minimum Gasteiger partial charge on any atom is -0.456 e. The second-order valence-electron chi connectivity index (χ2n) is 13.8. The van der Waals surface area contributed by atoms with Crippen molar-refractivity contribution in [3.05, 3.63) is 170 Å². The van der Waals surface area contributed by atoms with Crippen LogP contribution in [0.25, 0.3) is 110 Å². The number of hydrogen-bond donors (Lipinski definition) is 0. The Morgan fingerprint density at radius 1 is 0.396 bits per heavy atom.